The smallest absolute Gasteiger partial charge is 0.252 e. The summed E-state index contributed by atoms with van der Waals surface area (Å²) in [5.74, 6) is -0.751. The monoisotopic (exact) mass is 573 g/mol. The molecule has 0 radical (unpaired) electrons. The molecule has 1 saturated heterocycles. The fourth-order valence-corrected chi connectivity index (χ4v) is 6.54. The van der Waals surface area contributed by atoms with Gasteiger partial charge in [0.2, 0.25) is 5.91 Å². The first-order valence-corrected chi connectivity index (χ1v) is 15.3. The molecule has 218 valence electrons. The number of benzene rings is 2. The number of ether oxygens (including phenoxy) is 3. The summed E-state index contributed by atoms with van der Waals surface area (Å²) in [6.07, 6.45) is 2.54. The molecule has 2 aromatic carbocycles. The zero-order valence-corrected chi connectivity index (χ0v) is 24.1. The lowest BCUT2D eigenvalue weighted by Crippen LogP contribution is -2.46. The molecule has 1 fully saturated rings. The molecule has 2 heterocycles. The second-order valence-electron chi connectivity index (χ2n) is 10.1. The van der Waals surface area contributed by atoms with E-state index in [1.807, 2.05) is 24.3 Å². The highest BCUT2D eigenvalue weighted by atomic mass is 32.2. The van der Waals surface area contributed by atoms with Crippen molar-refractivity contribution in [3.63, 3.8) is 0 Å². The maximum Gasteiger partial charge on any atom is 0.252 e. The van der Waals surface area contributed by atoms with Gasteiger partial charge in [0.05, 0.1) is 12.0 Å². The number of rotatable bonds is 7. The predicted octanol–water partition coefficient (Wildman–Crippen LogP) is 2.36. The van der Waals surface area contributed by atoms with Gasteiger partial charge in [0.25, 0.3) is 5.91 Å². The molecule has 0 spiro atoms. The van der Waals surface area contributed by atoms with Gasteiger partial charge in [-0.05, 0) is 55.2 Å². The molecular formula is C29H39N3O7S. The molecule has 0 aliphatic carbocycles. The minimum absolute atomic E-state index is 0.0548. The number of anilines is 1. The van der Waals surface area contributed by atoms with E-state index in [2.05, 4.69) is 4.90 Å². The van der Waals surface area contributed by atoms with Gasteiger partial charge in [-0.3, -0.25) is 14.5 Å². The van der Waals surface area contributed by atoms with Gasteiger partial charge >= 0.3 is 0 Å². The van der Waals surface area contributed by atoms with Crippen molar-refractivity contribution in [2.45, 2.75) is 36.7 Å². The largest absolute Gasteiger partial charge is 0.497 e. The second kappa shape index (κ2) is 14.1. The van der Waals surface area contributed by atoms with Crippen LogP contribution in [0, 0.1) is 0 Å². The minimum atomic E-state index is -3.88. The first-order valence-electron chi connectivity index (χ1n) is 13.7. The van der Waals surface area contributed by atoms with E-state index in [0.29, 0.717) is 50.3 Å². The van der Waals surface area contributed by atoms with Gasteiger partial charge in [-0.1, -0.05) is 18.2 Å². The van der Waals surface area contributed by atoms with Crippen LogP contribution in [0.15, 0.2) is 53.4 Å². The minimum Gasteiger partial charge on any atom is -0.497 e. The van der Waals surface area contributed by atoms with Crippen molar-refractivity contribution in [2.24, 2.45) is 0 Å². The Morgan fingerprint density at radius 1 is 0.925 bits per heavy atom. The molecule has 0 aromatic heterocycles. The average Bonchev–Trinajstić information content (AvgIpc) is 3.00. The van der Waals surface area contributed by atoms with Crippen molar-refractivity contribution in [1.29, 1.82) is 0 Å². The molecule has 10 nitrogen and oxygen atoms in total. The highest BCUT2D eigenvalue weighted by molar-refractivity contribution is 7.92. The number of nitrogens with zero attached hydrogens (tertiary/aromatic N) is 3. The number of carbonyl (C=O) groups excluding carboxylic acids is 2. The van der Waals surface area contributed by atoms with E-state index >= 15 is 0 Å². The number of hydrogen-bond acceptors (Lipinski definition) is 8. The van der Waals surface area contributed by atoms with Crippen molar-refractivity contribution in [2.75, 3.05) is 70.9 Å². The summed E-state index contributed by atoms with van der Waals surface area (Å²) >= 11 is 0. The number of carbonyl (C=O) groups is 2. The van der Waals surface area contributed by atoms with Crippen LogP contribution in [0.3, 0.4) is 0 Å². The van der Waals surface area contributed by atoms with Crippen LogP contribution >= 0.6 is 0 Å². The molecule has 0 N–H and O–H groups in total. The molecular weight excluding hydrogens is 534 g/mol. The molecule has 0 atom stereocenters. The van der Waals surface area contributed by atoms with E-state index in [-0.39, 0.29) is 24.0 Å². The lowest BCUT2D eigenvalue weighted by atomic mass is 10.1. The Kier molecular flexibility index (Phi) is 10.5. The maximum absolute atomic E-state index is 13.7. The fraction of sp³-hybridized carbons (Fsp3) is 0.517. The Labute approximate surface area is 236 Å². The van der Waals surface area contributed by atoms with Gasteiger partial charge < -0.3 is 24.0 Å². The van der Waals surface area contributed by atoms with Crippen LogP contribution in [-0.2, 0) is 35.4 Å². The quantitative estimate of drug-likeness (QED) is 0.497. The van der Waals surface area contributed by atoms with Crippen LogP contribution in [0.2, 0.25) is 0 Å². The molecule has 40 heavy (non-hydrogen) atoms. The van der Waals surface area contributed by atoms with Crippen LogP contribution in [0.5, 0.6) is 5.75 Å². The van der Waals surface area contributed by atoms with Crippen molar-refractivity contribution >= 4 is 27.3 Å². The van der Waals surface area contributed by atoms with E-state index in [4.69, 9.17) is 14.2 Å². The highest BCUT2D eigenvalue weighted by Crippen LogP contribution is 2.25. The Morgan fingerprint density at radius 2 is 1.65 bits per heavy atom. The molecule has 2 aliphatic heterocycles. The Morgan fingerprint density at radius 3 is 2.35 bits per heavy atom. The molecule has 2 aromatic rings. The first-order chi connectivity index (χ1) is 19.3. The SMILES string of the molecule is COCC(=O)N1CCCN(C2CCOCC2)CCN(C(=O)CS(=O)(=O)c2ccc(OC)cc2)Cc2ccccc21. The summed E-state index contributed by atoms with van der Waals surface area (Å²) in [7, 11) is -0.879. The average molecular weight is 574 g/mol. The number of fused-ring (bicyclic) bond motifs is 1. The Balaban J connectivity index is 1.63. The summed E-state index contributed by atoms with van der Waals surface area (Å²) in [5, 5.41) is 0. The van der Waals surface area contributed by atoms with Crippen LogP contribution in [0.25, 0.3) is 0 Å². The van der Waals surface area contributed by atoms with E-state index in [0.717, 1.165) is 31.4 Å². The third kappa shape index (κ3) is 7.60. The lowest BCUT2D eigenvalue weighted by molar-refractivity contribution is -0.129. The van der Waals surface area contributed by atoms with Crippen molar-refractivity contribution in [3.8, 4) is 5.75 Å². The first kappa shape index (κ1) is 30.0. The van der Waals surface area contributed by atoms with Crippen molar-refractivity contribution in [1.82, 2.24) is 9.80 Å². The number of sulfone groups is 1. The van der Waals surface area contributed by atoms with Crippen molar-refractivity contribution in [3.05, 3.63) is 54.1 Å². The Bertz CT molecular complexity index is 1250. The van der Waals surface area contributed by atoms with Gasteiger partial charge in [-0.2, -0.15) is 0 Å². The van der Waals surface area contributed by atoms with Crippen LogP contribution < -0.4 is 9.64 Å². The third-order valence-corrected chi connectivity index (χ3v) is 9.11. The summed E-state index contributed by atoms with van der Waals surface area (Å²) < 4.78 is 42.3. The molecule has 0 unspecified atom stereocenters. The predicted molar refractivity (Wildman–Crippen MR) is 151 cm³/mol. The summed E-state index contributed by atoms with van der Waals surface area (Å²) in [6, 6.07) is 13.8. The summed E-state index contributed by atoms with van der Waals surface area (Å²) in [6.45, 7) is 3.74. The lowest BCUT2D eigenvalue weighted by Gasteiger charge is -2.35. The Hall–Kier alpha value is -2.99. The summed E-state index contributed by atoms with van der Waals surface area (Å²) in [4.78, 5) is 32.5. The fourth-order valence-electron chi connectivity index (χ4n) is 5.31. The van der Waals surface area contributed by atoms with Crippen LogP contribution in [-0.4, -0.2) is 102 Å². The van der Waals surface area contributed by atoms with Crippen LogP contribution in [0.4, 0.5) is 5.69 Å². The van der Waals surface area contributed by atoms with Gasteiger partial charge in [0, 0.05) is 64.8 Å². The second-order valence-corrected chi connectivity index (χ2v) is 12.1. The number of para-hydroxylation sites is 1. The molecule has 0 saturated carbocycles. The van der Waals surface area contributed by atoms with Gasteiger partial charge in [-0.25, -0.2) is 8.42 Å². The standard InChI is InChI=1S/C29H39N3O7S/c1-37-21-28(33)32-15-5-14-30(24-12-18-39-19-13-24)16-17-31(20-23-6-3-4-7-27(23)32)29(34)22-40(35,36)26-10-8-25(38-2)9-11-26/h3-4,6-11,24H,5,12-22H2,1-2H3. The molecule has 2 aliphatic rings. The van der Waals surface area contributed by atoms with Crippen molar-refractivity contribution < 1.29 is 32.2 Å². The van der Waals surface area contributed by atoms with E-state index in [1.54, 1.807) is 21.9 Å². The molecule has 11 heteroatoms. The van der Waals surface area contributed by atoms with Gasteiger partial charge in [0.15, 0.2) is 9.84 Å². The summed E-state index contributed by atoms with van der Waals surface area (Å²) in [5.41, 5.74) is 1.49. The maximum atomic E-state index is 13.7. The molecule has 2 amide bonds. The number of methoxy groups -OCH3 is 2. The highest BCUT2D eigenvalue weighted by Gasteiger charge is 2.29. The zero-order valence-electron chi connectivity index (χ0n) is 23.3. The zero-order chi connectivity index (χ0) is 28.5. The molecule has 0 bridgehead atoms. The number of hydrogen-bond donors (Lipinski definition) is 0. The van der Waals surface area contributed by atoms with Gasteiger partial charge in [0.1, 0.15) is 18.1 Å². The molecule has 4 rings (SSSR count). The van der Waals surface area contributed by atoms with E-state index in [1.165, 1.54) is 26.4 Å². The van der Waals surface area contributed by atoms with Gasteiger partial charge in [-0.15, -0.1) is 0 Å². The topological polar surface area (TPSA) is 106 Å². The van der Waals surface area contributed by atoms with E-state index in [9.17, 15) is 18.0 Å². The normalized spacial score (nSPS) is 18.1. The third-order valence-electron chi connectivity index (χ3n) is 7.49. The number of amides is 2. The van der Waals surface area contributed by atoms with Crippen LogP contribution in [0.1, 0.15) is 24.8 Å². The van der Waals surface area contributed by atoms with E-state index < -0.39 is 21.5 Å².